The Kier molecular flexibility index (Phi) is 7.58. The molecule has 1 aromatic heterocycles. The van der Waals surface area contributed by atoms with Gasteiger partial charge < -0.3 is 14.6 Å². The van der Waals surface area contributed by atoms with Crippen molar-refractivity contribution < 1.29 is 28.6 Å². The van der Waals surface area contributed by atoms with Crippen LogP contribution in [0.5, 0.6) is 11.5 Å². The molecule has 1 fully saturated rings. The maximum absolute atomic E-state index is 13.6. The molecule has 1 saturated heterocycles. The number of aliphatic hydroxyl groups is 1. The topological polar surface area (TPSA) is 89.0 Å². The van der Waals surface area contributed by atoms with Crippen molar-refractivity contribution in [1.29, 1.82) is 0 Å². The Balaban J connectivity index is 1.70. The van der Waals surface area contributed by atoms with E-state index >= 15 is 0 Å². The second-order valence-electron chi connectivity index (χ2n) is 9.71. The SMILES string of the molecule is CCCCOc1ccc(C2C(=C(O)c3ccc(F)cc3)C(=O)C(=O)N2c2nc3c(C)cc(C)cc3s2)cc1OC. The van der Waals surface area contributed by atoms with E-state index in [-0.39, 0.29) is 11.1 Å². The smallest absolute Gasteiger partial charge is 0.301 e. The lowest BCUT2D eigenvalue weighted by molar-refractivity contribution is -0.132. The number of rotatable bonds is 8. The predicted molar refractivity (Wildman–Crippen MR) is 154 cm³/mol. The van der Waals surface area contributed by atoms with Crippen molar-refractivity contribution in [2.75, 3.05) is 18.6 Å². The molecule has 206 valence electrons. The monoisotopic (exact) mass is 560 g/mol. The van der Waals surface area contributed by atoms with E-state index in [1.54, 1.807) is 18.2 Å². The van der Waals surface area contributed by atoms with Crippen LogP contribution in [-0.2, 0) is 9.59 Å². The number of Topliss-reactive ketones (excluding diaryl/α,β-unsaturated/α-hetero) is 1. The Morgan fingerprint density at radius 2 is 1.82 bits per heavy atom. The number of aliphatic hydroxyl groups excluding tert-OH is 1. The van der Waals surface area contributed by atoms with Gasteiger partial charge in [-0.3, -0.25) is 14.5 Å². The van der Waals surface area contributed by atoms with Gasteiger partial charge in [0, 0.05) is 5.56 Å². The molecule has 5 rings (SSSR count). The first kappa shape index (κ1) is 27.3. The van der Waals surface area contributed by atoms with Crippen LogP contribution in [0.1, 0.15) is 48.1 Å². The number of anilines is 1. The number of methoxy groups -OCH3 is 1. The number of unbranched alkanes of at least 4 members (excludes halogenated alkanes) is 1. The first-order valence-electron chi connectivity index (χ1n) is 13.0. The van der Waals surface area contributed by atoms with Gasteiger partial charge in [0.25, 0.3) is 5.78 Å². The highest BCUT2D eigenvalue weighted by atomic mass is 32.1. The molecule has 1 aliphatic rings. The summed E-state index contributed by atoms with van der Waals surface area (Å²) in [4.78, 5) is 33.2. The van der Waals surface area contributed by atoms with Gasteiger partial charge in [-0.2, -0.15) is 0 Å². The Labute approximate surface area is 235 Å². The van der Waals surface area contributed by atoms with Crippen LogP contribution in [0.4, 0.5) is 9.52 Å². The van der Waals surface area contributed by atoms with E-state index in [0.29, 0.717) is 28.8 Å². The summed E-state index contributed by atoms with van der Waals surface area (Å²) in [5.41, 5.74) is 3.36. The van der Waals surface area contributed by atoms with Crippen LogP contribution in [0.15, 0.2) is 60.2 Å². The van der Waals surface area contributed by atoms with Gasteiger partial charge in [0.2, 0.25) is 0 Å². The van der Waals surface area contributed by atoms with Crippen LogP contribution in [0, 0.1) is 19.7 Å². The fourth-order valence-electron chi connectivity index (χ4n) is 4.87. The molecule has 1 amide bonds. The third-order valence-corrected chi connectivity index (χ3v) is 7.85. The summed E-state index contributed by atoms with van der Waals surface area (Å²) in [7, 11) is 1.51. The Morgan fingerprint density at radius 3 is 2.52 bits per heavy atom. The minimum absolute atomic E-state index is 0.120. The van der Waals surface area contributed by atoms with E-state index < -0.39 is 29.3 Å². The van der Waals surface area contributed by atoms with Crippen LogP contribution in [0.25, 0.3) is 16.0 Å². The molecule has 2 heterocycles. The van der Waals surface area contributed by atoms with Gasteiger partial charge in [-0.05, 0) is 79.4 Å². The van der Waals surface area contributed by atoms with Gasteiger partial charge in [0.05, 0.1) is 35.5 Å². The molecular formula is C31H29FN2O5S. The Bertz CT molecular complexity index is 1640. The zero-order valence-electron chi connectivity index (χ0n) is 22.7. The Morgan fingerprint density at radius 1 is 1.07 bits per heavy atom. The number of amides is 1. The van der Waals surface area contributed by atoms with Gasteiger partial charge in [-0.1, -0.05) is 36.8 Å². The van der Waals surface area contributed by atoms with Crippen molar-refractivity contribution in [3.05, 3.63) is 88.2 Å². The number of thiazole rings is 1. The lowest BCUT2D eigenvalue weighted by atomic mass is 9.95. The van der Waals surface area contributed by atoms with Gasteiger partial charge in [-0.25, -0.2) is 9.37 Å². The number of fused-ring (bicyclic) bond motifs is 1. The van der Waals surface area contributed by atoms with E-state index in [4.69, 9.17) is 14.5 Å². The molecule has 1 atom stereocenters. The molecule has 4 aromatic rings. The number of ketones is 1. The normalized spacial score (nSPS) is 16.6. The number of hydrogen-bond donors (Lipinski definition) is 1. The molecule has 1 N–H and O–H groups in total. The first-order valence-corrected chi connectivity index (χ1v) is 13.8. The number of hydrogen-bond acceptors (Lipinski definition) is 7. The lowest BCUT2D eigenvalue weighted by Crippen LogP contribution is -2.29. The zero-order valence-corrected chi connectivity index (χ0v) is 23.5. The quantitative estimate of drug-likeness (QED) is 0.110. The van der Waals surface area contributed by atoms with Crippen LogP contribution in [-0.4, -0.2) is 35.5 Å². The van der Waals surface area contributed by atoms with Gasteiger partial charge in [0.1, 0.15) is 11.6 Å². The molecule has 0 spiro atoms. The van der Waals surface area contributed by atoms with Crippen LogP contribution in [0.3, 0.4) is 0 Å². The third kappa shape index (κ3) is 4.93. The predicted octanol–water partition coefficient (Wildman–Crippen LogP) is 6.87. The molecule has 40 heavy (non-hydrogen) atoms. The summed E-state index contributed by atoms with van der Waals surface area (Å²) in [6, 6.07) is 13.3. The minimum Gasteiger partial charge on any atom is -0.507 e. The molecule has 0 bridgehead atoms. The highest BCUT2D eigenvalue weighted by Crippen LogP contribution is 2.46. The standard InChI is InChI=1S/C31H29FN2O5S/c1-5-6-13-39-22-12-9-20(16-23(22)38-4)27-25(28(35)19-7-10-21(32)11-8-19)29(36)30(37)34(27)31-33-26-18(3)14-17(2)15-24(26)40-31/h7-12,14-16,27,35H,5-6,13H2,1-4H3. The molecule has 1 aliphatic heterocycles. The number of nitrogens with zero attached hydrogens (tertiary/aromatic N) is 2. The van der Waals surface area contributed by atoms with E-state index in [2.05, 4.69) is 6.92 Å². The molecular weight excluding hydrogens is 531 g/mol. The van der Waals surface area contributed by atoms with E-state index in [1.807, 2.05) is 26.0 Å². The van der Waals surface area contributed by atoms with Crippen molar-refractivity contribution in [3.8, 4) is 11.5 Å². The first-order chi connectivity index (χ1) is 19.2. The molecule has 9 heteroatoms. The van der Waals surface area contributed by atoms with Crippen molar-refractivity contribution in [1.82, 2.24) is 4.98 Å². The Hall–Kier alpha value is -4.24. The number of benzene rings is 3. The van der Waals surface area contributed by atoms with Crippen LogP contribution < -0.4 is 14.4 Å². The van der Waals surface area contributed by atoms with Crippen molar-refractivity contribution in [3.63, 3.8) is 0 Å². The number of carbonyl (C=O) groups excluding carboxylic acids is 2. The van der Waals surface area contributed by atoms with E-state index in [1.165, 1.54) is 47.6 Å². The summed E-state index contributed by atoms with van der Waals surface area (Å²) >= 11 is 1.30. The highest BCUT2D eigenvalue weighted by Gasteiger charge is 2.48. The van der Waals surface area contributed by atoms with Gasteiger partial charge in [0.15, 0.2) is 16.6 Å². The maximum Gasteiger partial charge on any atom is 0.301 e. The zero-order chi connectivity index (χ0) is 28.6. The molecule has 0 saturated carbocycles. The second kappa shape index (κ2) is 11.1. The van der Waals surface area contributed by atoms with E-state index in [9.17, 15) is 19.1 Å². The maximum atomic E-state index is 13.6. The van der Waals surface area contributed by atoms with Gasteiger partial charge in [-0.15, -0.1) is 0 Å². The van der Waals surface area contributed by atoms with Crippen LogP contribution in [0.2, 0.25) is 0 Å². The number of halogens is 1. The summed E-state index contributed by atoms with van der Waals surface area (Å²) in [5.74, 6) is -1.61. The number of aromatic nitrogens is 1. The number of ether oxygens (including phenoxy) is 2. The van der Waals surface area contributed by atoms with Crippen molar-refractivity contribution in [2.45, 2.75) is 39.7 Å². The second-order valence-corrected chi connectivity index (χ2v) is 10.7. The average Bonchev–Trinajstić information content (AvgIpc) is 3.47. The minimum atomic E-state index is -1.01. The highest BCUT2D eigenvalue weighted by molar-refractivity contribution is 7.22. The summed E-state index contributed by atoms with van der Waals surface area (Å²) in [6.07, 6.45) is 1.85. The van der Waals surface area contributed by atoms with Crippen molar-refractivity contribution in [2.24, 2.45) is 0 Å². The summed E-state index contributed by atoms with van der Waals surface area (Å²) in [6.45, 7) is 6.51. The summed E-state index contributed by atoms with van der Waals surface area (Å²) in [5, 5.41) is 11.7. The van der Waals surface area contributed by atoms with Gasteiger partial charge >= 0.3 is 5.91 Å². The van der Waals surface area contributed by atoms with Crippen molar-refractivity contribution >= 4 is 44.1 Å². The molecule has 0 aliphatic carbocycles. The number of aryl methyl sites for hydroxylation is 2. The average molecular weight is 561 g/mol. The molecule has 3 aromatic carbocycles. The largest absolute Gasteiger partial charge is 0.507 e. The number of carbonyl (C=O) groups is 2. The molecule has 1 unspecified atom stereocenters. The molecule has 0 radical (unpaired) electrons. The van der Waals surface area contributed by atoms with E-state index in [0.717, 1.165) is 34.2 Å². The molecule has 7 nitrogen and oxygen atoms in total. The lowest BCUT2D eigenvalue weighted by Gasteiger charge is -2.24. The fourth-order valence-corrected chi connectivity index (χ4v) is 6.04. The van der Waals surface area contributed by atoms with Crippen LogP contribution >= 0.6 is 11.3 Å². The third-order valence-electron chi connectivity index (χ3n) is 6.85. The summed E-state index contributed by atoms with van der Waals surface area (Å²) < 4.78 is 26.0. The fraction of sp³-hybridized carbons (Fsp3) is 0.258.